The molecular formula is C15H13FN4OS. The summed E-state index contributed by atoms with van der Waals surface area (Å²) in [7, 11) is 0. The van der Waals surface area contributed by atoms with Crippen LogP contribution in [-0.4, -0.2) is 40.6 Å². The van der Waals surface area contributed by atoms with Gasteiger partial charge in [0.05, 0.1) is 13.2 Å². The number of ether oxygens (including phenoxy) is 1. The van der Waals surface area contributed by atoms with Crippen LogP contribution in [0.2, 0.25) is 0 Å². The van der Waals surface area contributed by atoms with Gasteiger partial charge in [0.2, 0.25) is 0 Å². The molecule has 22 heavy (non-hydrogen) atoms. The number of halogens is 1. The number of aromatic nitrogens is 3. The third-order valence-electron chi connectivity index (χ3n) is 3.67. The lowest BCUT2D eigenvalue weighted by Gasteiger charge is -2.27. The van der Waals surface area contributed by atoms with E-state index < -0.39 is 0 Å². The van der Waals surface area contributed by atoms with Crippen molar-refractivity contribution in [1.82, 2.24) is 14.3 Å². The summed E-state index contributed by atoms with van der Waals surface area (Å²) in [6.45, 7) is 3.04. The molecule has 3 aromatic rings. The van der Waals surface area contributed by atoms with Gasteiger partial charge in [0.15, 0.2) is 5.82 Å². The van der Waals surface area contributed by atoms with E-state index >= 15 is 0 Å². The number of nitrogens with zero attached hydrogens (tertiary/aromatic N) is 4. The Balaban J connectivity index is 1.80. The summed E-state index contributed by atoms with van der Waals surface area (Å²) in [6.07, 6.45) is 1.56. The van der Waals surface area contributed by atoms with Gasteiger partial charge in [0.1, 0.15) is 28.1 Å². The van der Waals surface area contributed by atoms with Crippen molar-refractivity contribution < 1.29 is 9.13 Å². The van der Waals surface area contributed by atoms with Gasteiger partial charge in [-0.2, -0.15) is 4.37 Å². The fourth-order valence-electron chi connectivity index (χ4n) is 2.55. The molecule has 4 rings (SSSR count). The van der Waals surface area contributed by atoms with Gasteiger partial charge < -0.3 is 9.64 Å². The molecule has 0 unspecified atom stereocenters. The van der Waals surface area contributed by atoms with Crippen molar-refractivity contribution in [3.63, 3.8) is 0 Å². The van der Waals surface area contributed by atoms with E-state index in [0.29, 0.717) is 13.2 Å². The molecule has 7 heteroatoms. The Morgan fingerprint density at radius 2 is 1.86 bits per heavy atom. The van der Waals surface area contributed by atoms with Crippen molar-refractivity contribution in [3.8, 4) is 11.3 Å². The monoisotopic (exact) mass is 316 g/mol. The molecule has 0 saturated carbocycles. The molecule has 2 aromatic heterocycles. The fourth-order valence-corrected chi connectivity index (χ4v) is 3.42. The number of anilines is 1. The lowest BCUT2D eigenvalue weighted by Crippen LogP contribution is -2.36. The quantitative estimate of drug-likeness (QED) is 0.727. The molecule has 0 atom stereocenters. The molecule has 3 heterocycles. The van der Waals surface area contributed by atoms with Gasteiger partial charge in [-0.05, 0) is 35.8 Å². The van der Waals surface area contributed by atoms with Crippen LogP contribution in [0, 0.1) is 5.82 Å². The zero-order valence-corrected chi connectivity index (χ0v) is 12.5. The van der Waals surface area contributed by atoms with Gasteiger partial charge in [0, 0.05) is 18.7 Å². The molecule has 0 spiro atoms. The Bertz CT molecular complexity index is 799. The maximum Gasteiger partial charge on any atom is 0.151 e. The minimum atomic E-state index is -0.257. The lowest BCUT2D eigenvalue weighted by atomic mass is 10.1. The van der Waals surface area contributed by atoms with Crippen molar-refractivity contribution in [2.75, 3.05) is 31.2 Å². The molecule has 1 aliphatic rings. The van der Waals surface area contributed by atoms with Crippen LogP contribution >= 0.6 is 11.5 Å². The third-order valence-corrected chi connectivity index (χ3v) is 4.50. The summed E-state index contributed by atoms with van der Waals surface area (Å²) in [6, 6.07) is 6.32. The summed E-state index contributed by atoms with van der Waals surface area (Å²) in [4.78, 5) is 11.0. The molecule has 0 bridgehead atoms. The second-order valence-corrected chi connectivity index (χ2v) is 5.79. The first-order chi connectivity index (χ1) is 10.8. The first kappa shape index (κ1) is 13.5. The normalized spacial score (nSPS) is 15.4. The maximum atomic E-state index is 13.1. The van der Waals surface area contributed by atoms with Crippen LogP contribution in [0.3, 0.4) is 0 Å². The SMILES string of the molecule is Fc1ccc(-c2nsc3c(N4CCOCC4)ncnc23)cc1. The molecule has 5 nitrogen and oxygen atoms in total. The molecular weight excluding hydrogens is 303 g/mol. The molecule has 1 aliphatic heterocycles. The predicted octanol–water partition coefficient (Wildman–Crippen LogP) is 2.73. The topological polar surface area (TPSA) is 51.1 Å². The number of hydrogen-bond acceptors (Lipinski definition) is 6. The number of fused-ring (bicyclic) bond motifs is 1. The smallest absolute Gasteiger partial charge is 0.151 e. The van der Waals surface area contributed by atoms with Crippen LogP contribution in [0.15, 0.2) is 30.6 Å². The van der Waals surface area contributed by atoms with Gasteiger partial charge in [-0.15, -0.1) is 0 Å². The molecule has 112 valence electrons. The molecule has 0 radical (unpaired) electrons. The zero-order valence-electron chi connectivity index (χ0n) is 11.7. The lowest BCUT2D eigenvalue weighted by molar-refractivity contribution is 0.122. The highest BCUT2D eigenvalue weighted by Crippen LogP contribution is 2.34. The number of morpholine rings is 1. The highest BCUT2D eigenvalue weighted by Gasteiger charge is 2.19. The fraction of sp³-hybridized carbons (Fsp3) is 0.267. The van der Waals surface area contributed by atoms with Crippen LogP contribution in [-0.2, 0) is 4.74 Å². The van der Waals surface area contributed by atoms with Gasteiger partial charge in [0.25, 0.3) is 0 Å². The van der Waals surface area contributed by atoms with Gasteiger partial charge >= 0.3 is 0 Å². The first-order valence-corrected chi connectivity index (χ1v) is 7.79. The van der Waals surface area contributed by atoms with Crippen molar-refractivity contribution >= 4 is 27.6 Å². The maximum absolute atomic E-state index is 13.1. The average molecular weight is 316 g/mol. The van der Waals surface area contributed by atoms with E-state index in [4.69, 9.17) is 4.74 Å². The minimum absolute atomic E-state index is 0.257. The van der Waals surface area contributed by atoms with Crippen LogP contribution in [0.25, 0.3) is 21.5 Å². The van der Waals surface area contributed by atoms with Crippen LogP contribution < -0.4 is 4.90 Å². The summed E-state index contributed by atoms with van der Waals surface area (Å²) < 4.78 is 23.9. The molecule has 1 saturated heterocycles. The molecule has 0 aliphatic carbocycles. The number of hydrogen-bond donors (Lipinski definition) is 0. The van der Waals surface area contributed by atoms with Gasteiger partial charge in [-0.1, -0.05) is 0 Å². The largest absolute Gasteiger partial charge is 0.378 e. The third kappa shape index (κ3) is 2.32. The second kappa shape index (κ2) is 5.58. The summed E-state index contributed by atoms with van der Waals surface area (Å²) >= 11 is 1.38. The first-order valence-electron chi connectivity index (χ1n) is 7.02. The standard InChI is InChI=1S/C15H13FN4OS/c16-11-3-1-10(2-4-11)12-13-14(22-19-12)15(18-9-17-13)20-5-7-21-8-6-20/h1-4,9H,5-8H2. The van der Waals surface area contributed by atoms with Crippen LogP contribution in [0.1, 0.15) is 0 Å². The Morgan fingerprint density at radius 3 is 2.64 bits per heavy atom. The Kier molecular flexibility index (Phi) is 3.44. The average Bonchev–Trinajstić information content (AvgIpc) is 3.00. The van der Waals surface area contributed by atoms with E-state index in [1.807, 2.05) is 0 Å². The van der Waals surface area contributed by atoms with Gasteiger partial charge in [-0.3, -0.25) is 0 Å². The van der Waals surface area contributed by atoms with Crippen molar-refractivity contribution in [2.45, 2.75) is 0 Å². The highest BCUT2D eigenvalue weighted by atomic mass is 32.1. The molecule has 0 amide bonds. The second-order valence-electron chi connectivity index (χ2n) is 5.01. The molecule has 1 fully saturated rings. The van der Waals surface area contributed by atoms with E-state index in [1.165, 1.54) is 23.7 Å². The zero-order chi connectivity index (χ0) is 14.9. The van der Waals surface area contributed by atoms with Crippen molar-refractivity contribution in [3.05, 3.63) is 36.4 Å². The molecule has 0 N–H and O–H groups in total. The van der Waals surface area contributed by atoms with Crippen LogP contribution in [0.5, 0.6) is 0 Å². The Morgan fingerprint density at radius 1 is 1.09 bits per heavy atom. The summed E-state index contributed by atoms with van der Waals surface area (Å²) in [5.74, 6) is 0.645. The molecule has 1 aromatic carbocycles. The summed E-state index contributed by atoms with van der Waals surface area (Å²) in [5, 5.41) is 0. The van der Waals surface area contributed by atoms with E-state index in [-0.39, 0.29) is 5.82 Å². The van der Waals surface area contributed by atoms with Crippen molar-refractivity contribution in [1.29, 1.82) is 0 Å². The predicted molar refractivity (Wildman–Crippen MR) is 83.6 cm³/mol. The van der Waals surface area contributed by atoms with E-state index in [0.717, 1.165) is 40.4 Å². The van der Waals surface area contributed by atoms with E-state index in [2.05, 4.69) is 19.2 Å². The Labute approximate surface area is 130 Å². The minimum Gasteiger partial charge on any atom is -0.378 e. The van der Waals surface area contributed by atoms with Crippen LogP contribution in [0.4, 0.5) is 10.2 Å². The van der Waals surface area contributed by atoms with Crippen molar-refractivity contribution in [2.24, 2.45) is 0 Å². The van der Waals surface area contributed by atoms with Gasteiger partial charge in [-0.25, -0.2) is 14.4 Å². The Hall–Kier alpha value is -2.12. The summed E-state index contributed by atoms with van der Waals surface area (Å²) in [5.41, 5.74) is 2.45. The highest BCUT2D eigenvalue weighted by molar-refractivity contribution is 7.14. The van der Waals surface area contributed by atoms with E-state index in [1.54, 1.807) is 18.5 Å². The number of rotatable bonds is 2. The number of benzene rings is 1. The van der Waals surface area contributed by atoms with E-state index in [9.17, 15) is 4.39 Å².